The predicted octanol–water partition coefficient (Wildman–Crippen LogP) is 2.55. The van der Waals surface area contributed by atoms with Crippen LogP contribution in [-0.2, 0) is 23.7 Å². The number of hydrogen-bond donors (Lipinski definition) is 5. The van der Waals surface area contributed by atoms with Gasteiger partial charge in [-0.25, -0.2) is 4.79 Å². The van der Waals surface area contributed by atoms with Crippen LogP contribution in [-0.4, -0.2) is 142 Å². The third kappa shape index (κ3) is 10.5. The van der Waals surface area contributed by atoms with Gasteiger partial charge in [-0.2, -0.15) is 0 Å². The molecule has 3 rings (SSSR count). The second kappa shape index (κ2) is 18.1. The lowest BCUT2D eigenvalue weighted by molar-refractivity contribution is -0.299. The van der Waals surface area contributed by atoms with Crippen LogP contribution in [0.5, 0.6) is 0 Å². The number of imide groups is 1. The van der Waals surface area contributed by atoms with Crippen LogP contribution in [0, 0.1) is 17.8 Å². The molecule has 2 saturated heterocycles. The molecule has 14 atom stereocenters. The minimum atomic E-state index is -1.87. The van der Waals surface area contributed by atoms with Gasteiger partial charge in [0.05, 0.1) is 23.7 Å². The van der Waals surface area contributed by atoms with Crippen LogP contribution >= 0.6 is 0 Å². The van der Waals surface area contributed by atoms with Crippen molar-refractivity contribution in [3.05, 3.63) is 35.9 Å². The maximum atomic E-state index is 14.0. The molecule has 5 N–H and O–H groups in total. The van der Waals surface area contributed by atoms with Crippen LogP contribution in [0.2, 0.25) is 0 Å². The van der Waals surface area contributed by atoms with E-state index >= 15 is 0 Å². The zero-order valence-corrected chi connectivity index (χ0v) is 32.7. The molecule has 0 radical (unpaired) electrons. The van der Waals surface area contributed by atoms with Crippen LogP contribution in [0.3, 0.4) is 0 Å². The average Bonchev–Trinajstić information content (AvgIpc) is 3.07. The molecule has 2 heterocycles. The molecule has 2 aliphatic heterocycles. The molecule has 0 bridgehead atoms. The van der Waals surface area contributed by atoms with Gasteiger partial charge in [0, 0.05) is 30.1 Å². The third-order valence-electron chi connectivity index (χ3n) is 10.9. The number of nitrogens with one attached hydrogen (secondary N) is 1. The molecular weight excluding hydrogens is 674 g/mol. The highest BCUT2D eigenvalue weighted by Gasteiger charge is 2.51. The van der Waals surface area contributed by atoms with Gasteiger partial charge in [-0.15, -0.1) is 0 Å². The lowest BCUT2D eigenvalue weighted by Gasteiger charge is -2.47. The molecule has 0 aromatic heterocycles. The molecule has 0 saturated carbocycles. The molecule has 0 spiro atoms. The fourth-order valence-electron chi connectivity index (χ4n) is 7.84. The highest BCUT2D eigenvalue weighted by Crippen LogP contribution is 2.37. The van der Waals surface area contributed by atoms with Gasteiger partial charge >= 0.3 is 12.1 Å². The first-order valence-electron chi connectivity index (χ1n) is 18.4. The number of amides is 2. The summed E-state index contributed by atoms with van der Waals surface area (Å²) in [6.07, 6.45) is -7.98. The molecule has 1 aromatic rings. The summed E-state index contributed by atoms with van der Waals surface area (Å²) < 4.78 is 24.4. The summed E-state index contributed by atoms with van der Waals surface area (Å²) >= 11 is 0. The molecule has 0 unspecified atom stereocenters. The van der Waals surface area contributed by atoms with Gasteiger partial charge < -0.3 is 49.2 Å². The van der Waals surface area contributed by atoms with Crippen molar-refractivity contribution in [3.8, 4) is 0 Å². The van der Waals surface area contributed by atoms with Crippen molar-refractivity contribution in [2.45, 2.75) is 141 Å². The third-order valence-corrected chi connectivity index (χ3v) is 10.9. The van der Waals surface area contributed by atoms with Gasteiger partial charge in [-0.05, 0) is 93.1 Å². The van der Waals surface area contributed by atoms with Gasteiger partial charge in [-0.3, -0.25) is 14.9 Å². The Kier molecular flexibility index (Phi) is 15.2. The number of ether oxygens (including phenoxy) is 4. The lowest BCUT2D eigenvalue weighted by atomic mass is 9.77. The SMILES string of the molecule is CC[C@H]1OC(=O)[C@H](C)[C@@H](OC(=O)NC(=O)c2ccccc2)[C@H](C)[C@@H](O[C@@H]2O[C@H](C)C[C@H](N(C)C)[C@H]2O)[C@](C)(O)C[C@@H](C)CN(C)[C@H](C)[C@@H](O)[C@]1(C)O. The van der Waals surface area contributed by atoms with E-state index in [-0.39, 0.29) is 36.5 Å². The maximum absolute atomic E-state index is 14.0. The number of aliphatic hydroxyl groups excluding tert-OH is 2. The Morgan fingerprint density at radius 1 is 1.06 bits per heavy atom. The van der Waals surface area contributed by atoms with E-state index < -0.39 is 83.9 Å². The number of esters is 1. The quantitative estimate of drug-likeness (QED) is 0.269. The van der Waals surface area contributed by atoms with Crippen molar-refractivity contribution >= 4 is 18.0 Å². The van der Waals surface area contributed by atoms with Gasteiger partial charge in [0.25, 0.3) is 5.91 Å². The van der Waals surface area contributed by atoms with Gasteiger partial charge in [-0.1, -0.05) is 39.0 Å². The molecule has 296 valence electrons. The van der Waals surface area contributed by atoms with Crippen molar-refractivity contribution in [1.29, 1.82) is 0 Å². The monoisotopic (exact) mass is 737 g/mol. The van der Waals surface area contributed by atoms with E-state index in [1.165, 1.54) is 26.0 Å². The van der Waals surface area contributed by atoms with Crippen LogP contribution in [0.1, 0.15) is 85.0 Å². The highest BCUT2D eigenvalue weighted by atomic mass is 16.7. The number of rotatable bonds is 6. The van der Waals surface area contributed by atoms with Gasteiger partial charge in [0.2, 0.25) is 0 Å². The van der Waals surface area contributed by atoms with E-state index in [4.69, 9.17) is 18.9 Å². The average molecular weight is 738 g/mol. The number of cyclic esters (lactones) is 1. The van der Waals surface area contributed by atoms with Gasteiger partial charge in [0.15, 0.2) is 6.29 Å². The van der Waals surface area contributed by atoms with Crippen LogP contribution in [0.25, 0.3) is 0 Å². The van der Waals surface area contributed by atoms with E-state index in [0.717, 1.165) is 0 Å². The number of aliphatic hydroxyl groups is 4. The molecule has 2 aliphatic rings. The smallest absolute Gasteiger partial charge is 0.414 e. The first-order chi connectivity index (χ1) is 24.1. The molecule has 1 aromatic carbocycles. The van der Waals surface area contributed by atoms with Crippen molar-refractivity contribution in [2.24, 2.45) is 17.8 Å². The zero-order chi connectivity index (χ0) is 39.3. The summed E-state index contributed by atoms with van der Waals surface area (Å²) in [4.78, 5) is 44.1. The summed E-state index contributed by atoms with van der Waals surface area (Å²) in [6, 6.07) is 7.15. The number of carbonyl (C=O) groups is 3. The Balaban J connectivity index is 2.13. The number of likely N-dealkylation sites (N-methyl/N-ethyl adjacent to an activating group) is 2. The zero-order valence-electron chi connectivity index (χ0n) is 32.7. The van der Waals surface area contributed by atoms with Gasteiger partial charge in [0.1, 0.15) is 30.0 Å². The lowest BCUT2D eigenvalue weighted by Crippen LogP contribution is -2.59. The number of hydrogen-bond acceptors (Lipinski definition) is 13. The highest BCUT2D eigenvalue weighted by molar-refractivity contribution is 6.02. The number of nitrogens with zero attached hydrogens (tertiary/aromatic N) is 2. The predicted molar refractivity (Wildman–Crippen MR) is 193 cm³/mol. The summed E-state index contributed by atoms with van der Waals surface area (Å²) in [6.45, 7) is 13.8. The van der Waals surface area contributed by atoms with Crippen LogP contribution in [0.15, 0.2) is 30.3 Å². The Morgan fingerprint density at radius 3 is 2.25 bits per heavy atom. The van der Waals surface area contributed by atoms with E-state index in [9.17, 15) is 34.8 Å². The van der Waals surface area contributed by atoms with E-state index in [1.54, 1.807) is 52.9 Å². The molecule has 2 amide bonds. The van der Waals surface area contributed by atoms with Crippen LogP contribution in [0.4, 0.5) is 4.79 Å². The molecule has 52 heavy (non-hydrogen) atoms. The van der Waals surface area contributed by atoms with Crippen molar-refractivity contribution < 1.29 is 53.8 Å². The summed E-state index contributed by atoms with van der Waals surface area (Å²) in [5.74, 6) is -3.99. The fraction of sp³-hybridized carbons (Fsp3) is 0.763. The van der Waals surface area contributed by atoms with Crippen molar-refractivity contribution in [3.63, 3.8) is 0 Å². The minimum absolute atomic E-state index is 0.142. The first kappa shape index (κ1) is 43.7. The number of carbonyl (C=O) groups excluding carboxylic acids is 3. The largest absolute Gasteiger partial charge is 0.459 e. The van der Waals surface area contributed by atoms with E-state index in [1.807, 2.05) is 37.7 Å². The molecular formula is C38H63N3O11. The molecule has 14 heteroatoms. The molecule has 14 nitrogen and oxygen atoms in total. The topological polar surface area (TPSA) is 188 Å². The second-order valence-corrected chi connectivity index (χ2v) is 15.8. The number of benzene rings is 1. The summed E-state index contributed by atoms with van der Waals surface area (Å²) in [5.41, 5.74) is -3.33. The standard InChI is InChI=1S/C38H63N3O11/c1-12-28-38(8,48)31(43)25(6)41(11)20-21(2)19-37(7,47)32(52-35-29(42)27(40(9)10)18-22(3)49-35)23(4)30(24(5)34(45)50-28)51-36(46)39-33(44)26-16-14-13-15-17-26/h13-17,21-25,27-32,35,42-43,47-48H,12,18-20H2,1-11H3,(H,39,44,46)/t21-,22-,23+,24-,25-,27+,28-,29-,30+,31-,32-,35+,37-,38-/m1/s1. The Hall–Kier alpha value is -2.69. The van der Waals surface area contributed by atoms with E-state index in [2.05, 4.69) is 5.32 Å². The first-order valence-corrected chi connectivity index (χ1v) is 18.4. The normalized spacial score (nSPS) is 40.3. The molecule has 2 fully saturated rings. The Labute approximate surface area is 308 Å². The minimum Gasteiger partial charge on any atom is -0.459 e. The van der Waals surface area contributed by atoms with Crippen LogP contribution < -0.4 is 5.32 Å². The molecule has 0 aliphatic carbocycles. The van der Waals surface area contributed by atoms with Crippen molar-refractivity contribution in [2.75, 3.05) is 27.7 Å². The fourth-order valence-corrected chi connectivity index (χ4v) is 7.84. The number of alkyl carbamates (subject to hydrolysis) is 1. The summed E-state index contributed by atoms with van der Waals surface area (Å²) in [7, 11) is 5.48. The van der Waals surface area contributed by atoms with Crippen molar-refractivity contribution in [1.82, 2.24) is 15.1 Å². The Bertz CT molecular complexity index is 1330. The maximum Gasteiger partial charge on any atom is 0.414 e. The second-order valence-electron chi connectivity index (χ2n) is 15.8. The Morgan fingerprint density at radius 2 is 1.67 bits per heavy atom. The summed E-state index contributed by atoms with van der Waals surface area (Å²) in [5, 5.41) is 49.0. The van der Waals surface area contributed by atoms with E-state index in [0.29, 0.717) is 13.0 Å².